The van der Waals surface area contributed by atoms with E-state index in [1.165, 1.54) is 0 Å². The second-order valence-corrected chi connectivity index (χ2v) is 5.13. The van der Waals surface area contributed by atoms with Gasteiger partial charge >= 0.3 is 0 Å². The van der Waals surface area contributed by atoms with Crippen molar-refractivity contribution in [3.05, 3.63) is 35.5 Å². The molecule has 0 unspecified atom stereocenters. The highest BCUT2D eigenvalue weighted by molar-refractivity contribution is 6.01. The lowest BCUT2D eigenvalue weighted by molar-refractivity contribution is 0.0783. The number of fused-ring (bicyclic) bond motifs is 1. The van der Waals surface area contributed by atoms with E-state index in [1.807, 2.05) is 42.6 Å². The minimum absolute atomic E-state index is 0.115. The van der Waals surface area contributed by atoms with Crippen LogP contribution in [0.15, 0.2) is 24.3 Å². The minimum atomic E-state index is 0.115. The number of benzene rings is 1. The Balaban J connectivity index is 2.42. The van der Waals surface area contributed by atoms with Gasteiger partial charge in [0.25, 0.3) is 5.91 Å². The van der Waals surface area contributed by atoms with E-state index < -0.39 is 0 Å². The molecule has 0 saturated carbocycles. The van der Waals surface area contributed by atoms with Crippen molar-refractivity contribution in [1.82, 2.24) is 9.47 Å². The Hall–Kier alpha value is -1.77. The Morgan fingerprint density at radius 2 is 2.00 bits per heavy atom. The molecule has 0 saturated heterocycles. The molecule has 0 N–H and O–H groups in total. The number of aryl methyl sites for hydroxylation is 2. The number of hydrogen-bond acceptors (Lipinski definition) is 1. The summed E-state index contributed by atoms with van der Waals surface area (Å²) < 4.78 is 2.01. The lowest BCUT2D eigenvalue weighted by Gasteiger charge is -2.17. The molecule has 0 aliphatic carbocycles. The van der Waals surface area contributed by atoms with Gasteiger partial charge in [0, 0.05) is 31.5 Å². The molecule has 0 fully saturated rings. The molecule has 2 rings (SSSR count). The third-order valence-electron chi connectivity index (χ3n) is 3.76. The average molecular weight is 258 g/mol. The van der Waals surface area contributed by atoms with Crippen LogP contribution in [-0.2, 0) is 7.05 Å². The summed E-state index contributed by atoms with van der Waals surface area (Å²) in [7, 11) is 3.85. The van der Waals surface area contributed by atoms with Gasteiger partial charge in [-0.25, -0.2) is 0 Å². The van der Waals surface area contributed by atoms with E-state index >= 15 is 0 Å². The smallest absolute Gasteiger partial charge is 0.270 e. The van der Waals surface area contributed by atoms with Crippen LogP contribution in [0.5, 0.6) is 0 Å². The summed E-state index contributed by atoms with van der Waals surface area (Å²) in [5.41, 5.74) is 3.00. The van der Waals surface area contributed by atoms with Gasteiger partial charge < -0.3 is 9.47 Å². The molecule has 1 amide bonds. The van der Waals surface area contributed by atoms with E-state index in [0.29, 0.717) is 0 Å². The topological polar surface area (TPSA) is 25.2 Å². The summed E-state index contributed by atoms with van der Waals surface area (Å²) in [6.45, 7) is 4.99. The zero-order chi connectivity index (χ0) is 14.0. The quantitative estimate of drug-likeness (QED) is 0.825. The first-order valence-electron chi connectivity index (χ1n) is 6.87. The maximum Gasteiger partial charge on any atom is 0.270 e. The lowest BCUT2D eigenvalue weighted by Crippen LogP contribution is -2.29. The highest BCUT2D eigenvalue weighted by Gasteiger charge is 2.20. The molecular weight excluding hydrogens is 236 g/mol. The number of aromatic nitrogens is 1. The number of unbranched alkanes of at least 4 members (excludes halogenated alkanes) is 1. The summed E-state index contributed by atoms with van der Waals surface area (Å²) in [5, 5.41) is 1.16. The number of hydrogen-bond donors (Lipinski definition) is 0. The fraction of sp³-hybridized carbons (Fsp3) is 0.438. The van der Waals surface area contributed by atoms with Crippen molar-refractivity contribution in [2.75, 3.05) is 13.6 Å². The van der Waals surface area contributed by atoms with Gasteiger partial charge in [-0.15, -0.1) is 0 Å². The molecular formula is C16H22N2O. The SMILES string of the molecule is CCCCN(C)C(=O)c1c(C)c2ccccc2n1C. The van der Waals surface area contributed by atoms with Crippen LogP contribution in [0.25, 0.3) is 10.9 Å². The van der Waals surface area contributed by atoms with Gasteiger partial charge in [0.2, 0.25) is 0 Å². The van der Waals surface area contributed by atoms with E-state index in [2.05, 4.69) is 19.1 Å². The molecule has 0 aliphatic heterocycles. The first-order valence-corrected chi connectivity index (χ1v) is 6.87. The van der Waals surface area contributed by atoms with E-state index in [9.17, 15) is 4.79 Å². The van der Waals surface area contributed by atoms with Crippen LogP contribution in [0, 0.1) is 6.92 Å². The summed E-state index contributed by atoms with van der Waals surface area (Å²) in [6.07, 6.45) is 2.15. The van der Waals surface area contributed by atoms with Crippen molar-refractivity contribution in [2.24, 2.45) is 7.05 Å². The van der Waals surface area contributed by atoms with Crippen LogP contribution in [0.2, 0.25) is 0 Å². The monoisotopic (exact) mass is 258 g/mol. The summed E-state index contributed by atoms with van der Waals surface area (Å²) >= 11 is 0. The van der Waals surface area contributed by atoms with Crippen LogP contribution in [0.4, 0.5) is 0 Å². The molecule has 0 atom stereocenters. The largest absolute Gasteiger partial charge is 0.340 e. The molecule has 102 valence electrons. The van der Waals surface area contributed by atoms with Gasteiger partial charge in [-0.2, -0.15) is 0 Å². The van der Waals surface area contributed by atoms with Crippen molar-refractivity contribution in [2.45, 2.75) is 26.7 Å². The van der Waals surface area contributed by atoms with Gasteiger partial charge in [-0.05, 0) is 25.0 Å². The molecule has 0 bridgehead atoms. The fourth-order valence-electron chi connectivity index (χ4n) is 2.56. The molecule has 3 nitrogen and oxygen atoms in total. The molecule has 3 heteroatoms. The highest BCUT2D eigenvalue weighted by Crippen LogP contribution is 2.25. The van der Waals surface area contributed by atoms with Gasteiger partial charge in [0.05, 0.1) is 0 Å². The maximum atomic E-state index is 12.6. The number of rotatable bonds is 4. The van der Waals surface area contributed by atoms with Crippen molar-refractivity contribution < 1.29 is 4.79 Å². The predicted octanol–water partition coefficient (Wildman–Crippen LogP) is 3.36. The molecule has 0 spiro atoms. The summed E-state index contributed by atoms with van der Waals surface area (Å²) in [5.74, 6) is 0.115. The number of nitrogens with zero attached hydrogens (tertiary/aromatic N) is 2. The van der Waals surface area contributed by atoms with Crippen LogP contribution < -0.4 is 0 Å². The zero-order valence-electron chi connectivity index (χ0n) is 12.2. The molecule has 0 aliphatic rings. The van der Waals surface area contributed by atoms with E-state index in [0.717, 1.165) is 41.5 Å². The Bertz CT molecular complexity index is 559. The van der Waals surface area contributed by atoms with Crippen molar-refractivity contribution >= 4 is 16.8 Å². The fourth-order valence-corrected chi connectivity index (χ4v) is 2.56. The third-order valence-corrected chi connectivity index (χ3v) is 3.76. The minimum Gasteiger partial charge on any atom is -0.340 e. The van der Waals surface area contributed by atoms with Gasteiger partial charge in [-0.3, -0.25) is 4.79 Å². The Labute approximate surface area is 114 Å². The summed E-state index contributed by atoms with van der Waals surface area (Å²) in [4.78, 5) is 14.4. The third kappa shape index (κ3) is 2.37. The van der Waals surface area contributed by atoms with Gasteiger partial charge in [0.15, 0.2) is 0 Å². The molecule has 19 heavy (non-hydrogen) atoms. The number of amides is 1. The second kappa shape index (κ2) is 5.47. The molecule has 1 heterocycles. The normalized spacial score (nSPS) is 10.9. The first-order chi connectivity index (χ1) is 9.07. The zero-order valence-corrected chi connectivity index (χ0v) is 12.2. The summed E-state index contributed by atoms with van der Waals surface area (Å²) in [6, 6.07) is 8.17. The number of carbonyl (C=O) groups is 1. The van der Waals surface area contributed by atoms with Crippen molar-refractivity contribution in [1.29, 1.82) is 0 Å². The number of para-hydroxylation sites is 1. The highest BCUT2D eigenvalue weighted by atomic mass is 16.2. The number of carbonyl (C=O) groups excluding carboxylic acids is 1. The second-order valence-electron chi connectivity index (χ2n) is 5.13. The molecule has 2 aromatic rings. The Morgan fingerprint density at radius 3 is 2.63 bits per heavy atom. The van der Waals surface area contributed by atoms with Crippen LogP contribution in [0.1, 0.15) is 35.8 Å². The first kappa shape index (κ1) is 13.7. The van der Waals surface area contributed by atoms with Gasteiger partial charge in [-0.1, -0.05) is 31.5 Å². The average Bonchev–Trinajstić information content (AvgIpc) is 2.68. The molecule has 0 radical (unpaired) electrons. The molecule has 1 aromatic heterocycles. The van der Waals surface area contributed by atoms with Crippen LogP contribution >= 0.6 is 0 Å². The Morgan fingerprint density at radius 1 is 1.32 bits per heavy atom. The maximum absolute atomic E-state index is 12.6. The van der Waals surface area contributed by atoms with E-state index in [-0.39, 0.29) is 5.91 Å². The van der Waals surface area contributed by atoms with Gasteiger partial charge in [0.1, 0.15) is 5.69 Å². The Kier molecular flexibility index (Phi) is 3.93. The lowest BCUT2D eigenvalue weighted by atomic mass is 10.1. The van der Waals surface area contributed by atoms with Crippen molar-refractivity contribution in [3.63, 3.8) is 0 Å². The van der Waals surface area contributed by atoms with E-state index in [4.69, 9.17) is 0 Å². The van der Waals surface area contributed by atoms with Crippen LogP contribution in [-0.4, -0.2) is 29.0 Å². The van der Waals surface area contributed by atoms with E-state index in [1.54, 1.807) is 0 Å². The van der Waals surface area contributed by atoms with Crippen LogP contribution in [0.3, 0.4) is 0 Å². The molecule has 1 aromatic carbocycles. The standard InChI is InChI=1S/C16H22N2O/c1-5-6-11-17(3)16(19)15-12(2)13-9-7-8-10-14(13)18(15)4/h7-10H,5-6,11H2,1-4H3. The van der Waals surface area contributed by atoms with Crippen molar-refractivity contribution in [3.8, 4) is 0 Å². The predicted molar refractivity (Wildman–Crippen MR) is 79.5 cm³/mol.